The molecule has 0 aliphatic carbocycles. The Morgan fingerprint density at radius 3 is 2.83 bits per heavy atom. The quantitative estimate of drug-likeness (QED) is 0.751. The minimum absolute atomic E-state index is 0. The molecular weight excluding hydrogens is 351 g/mol. The van der Waals surface area contributed by atoms with E-state index in [2.05, 4.69) is 15.6 Å². The fraction of sp³-hybridized carbons (Fsp3) is 0.625. The van der Waals surface area contributed by atoms with Crippen molar-refractivity contribution in [3.05, 3.63) is 23.0 Å². The van der Waals surface area contributed by atoms with Crippen LogP contribution in [0.2, 0.25) is 5.02 Å². The lowest BCUT2D eigenvalue weighted by atomic mass is 9.97. The molecule has 2 atom stereocenters. The van der Waals surface area contributed by atoms with Crippen molar-refractivity contribution in [2.45, 2.75) is 31.7 Å². The van der Waals surface area contributed by atoms with Gasteiger partial charge in [0.2, 0.25) is 5.91 Å². The van der Waals surface area contributed by atoms with E-state index in [9.17, 15) is 9.59 Å². The number of rotatable bonds is 4. The normalized spacial score (nSPS) is 23.6. The molecule has 134 valence electrons. The molecule has 0 radical (unpaired) electrons. The third-order valence-corrected chi connectivity index (χ3v) is 4.84. The number of hydrogen-bond donors (Lipinski definition) is 3. The van der Waals surface area contributed by atoms with Crippen molar-refractivity contribution in [2.75, 3.05) is 26.2 Å². The molecule has 8 heteroatoms. The Hall–Kier alpha value is -1.24. The number of likely N-dealkylation sites (tertiary alicyclic amines) is 1. The second kappa shape index (κ2) is 8.74. The van der Waals surface area contributed by atoms with Crippen molar-refractivity contribution in [3.8, 4) is 0 Å². The van der Waals surface area contributed by atoms with Crippen LogP contribution >= 0.6 is 24.0 Å². The Morgan fingerprint density at radius 2 is 2.17 bits per heavy atom. The summed E-state index contributed by atoms with van der Waals surface area (Å²) in [5, 5.41) is 6.77. The van der Waals surface area contributed by atoms with Crippen molar-refractivity contribution < 1.29 is 9.59 Å². The molecule has 6 nitrogen and oxygen atoms in total. The van der Waals surface area contributed by atoms with Gasteiger partial charge in [-0.3, -0.25) is 9.59 Å². The van der Waals surface area contributed by atoms with Crippen molar-refractivity contribution >= 4 is 35.8 Å². The zero-order valence-electron chi connectivity index (χ0n) is 13.5. The van der Waals surface area contributed by atoms with Gasteiger partial charge in [0.15, 0.2) is 0 Å². The largest absolute Gasteiger partial charge is 0.356 e. The van der Waals surface area contributed by atoms with Crippen LogP contribution in [0.3, 0.4) is 0 Å². The number of nitrogens with zero attached hydrogens (tertiary/aromatic N) is 1. The molecule has 0 spiro atoms. The van der Waals surface area contributed by atoms with Gasteiger partial charge in [-0.2, -0.15) is 0 Å². The van der Waals surface area contributed by atoms with Crippen LogP contribution < -0.4 is 10.6 Å². The molecule has 0 saturated carbocycles. The van der Waals surface area contributed by atoms with E-state index in [4.69, 9.17) is 11.6 Å². The van der Waals surface area contributed by atoms with Gasteiger partial charge < -0.3 is 20.5 Å². The maximum Gasteiger partial charge on any atom is 0.270 e. The Balaban J connectivity index is 0.00000208. The summed E-state index contributed by atoms with van der Waals surface area (Å²) in [4.78, 5) is 29.2. The number of H-pyrrole nitrogens is 1. The first-order valence-electron chi connectivity index (χ1n) is 8.28. The summed E-state index contributed by atoms with van der Waals surface area (Å²) in [5.41, 5.74) is 0.523. The molecule has 1 aromatic heterocycles. The zero-order valence-corrected chi connectivity index (χ0v) is 15.1. The minimum atomic E-state index is -0.0441. The van der Waals surface area contributed by atoms with Crippen molar-refractivity contribution in [1.29, 1.82) is 0 Å². The van der Waals surface area contributed by atoms with Crippen LogP contribution in [0, 0.1) is 5.92 Å². The first kappa shape index (κ1) is 19.1. The number of carbonyl (C=O) groups excluding carboxylic acids is 2. The molecule has 3 heterocycles. The van der Waals surface area contributed by atoms with E-state index < -0.39 is 0 Å². The third-order valence-electron chi connectivity index (χ3n) is 4.63. The predicted octanol–water partition coefficient (Wildman–Crippen LogP) is 1.81. The summed E-state index contributed by atoms with van der Waals surface area (Å²) < 4.78 is 0. The van der Waals surface area contributed by atoms with E-state index in [0.717, 1.165) is 38.8 Å². The van der Waals surface area contributed by atoms with Gasteiger partial charge in [0.1, 0.15) is 5.69 Å². The van der Waals surface area contributed by atoms with Crippen molar-refractivity contribution in [3.63, 3.8) is 0 Å². The lowest BCUT2D eigenvalue weighted by molar-refractivity contribution is -0.123. The Labute approximate surface area is 153 Å². The molecule has 0 bridgehead atoms. The van der Waals surface area contributed by atoms with Gasteiger partial charge >= 0.3 is 0 Å². The highest BCUT2D eigenvalue weighted by molar-refractivity contribution is 6.30. The fourth-order valence-corrected chi connectivity index (χ4v) is 3.52. The van der Waals surface area contributed by atoms with Crippen LogP contribution in [-0.2, 0) is 4.79 Å². The maximum absolute atomic E-state index is 12.4. The summed E-state index contributed by atoms with van der Waals surface area (Å²) in [5.74, 6) is 0.371. The van der Waals surface area contributed by atoms with Crippen LogP contribution in [0.1, 0.15) is 36.2 Å². The van der Waals surface area contributed by atoms with E-state index in [1.807, 2.05) is 4.90 Å². The number of aromatic amines is 1. The van der Waals surface area contributed by atoms with Gasteiger partial charge in [-0.25, -0.2) is 0 Å². The molecule has 2 fully saturated rings. The summed E-state index contributed by atoms with van der Waals surface area (Å²) in [7, 11) is 0. The second-order valence-corrected chi connectivity index (χ2v) is 6.82. The van der Waals surface area contributed by atoms with E-state index >= 15 is 0 Å². The van der Waals surface area contributed by atoms with E-state index in [1.54, 1.807) is 12.3 Å². The first-order chi connectivity index (χ1) is 11.1. The van der Waals surface area contributed by atoms with Crippen molar-refractivity contribution in [2.24, 2.45) is 5.92 Å². The fourth-order valence-electron chi connectivity index (χ4n) is 3.35. The van der Waals surface area contributed by atoms with Gasteiger partial charge in [0.05, 0.1) is 11.1 Å². The molecule has 3 rings (SSSR count). The lowest BCUT2D eigenvalue weighted by Gasteiger charge is -2.32. The Morgan fingerprint density at radius 1 is 1.33 bits per heavy atom. The number of aromatic nitrogens is 1. The molecule has 1 aromatic rings. The number of amides is 2. The van der Waals surface area contributed by atoms with E-state index in [0.29, 0.717) is 29.7 Å². The molecular formula is C16H24Cl2N4O2. The molecule has 0 aromatic carbocycles. The summed E-state index contributed by atoms with van der Waals surface area (Å²) in [6, 6.07) is 1.61. The topological polar surface area (TPSA) is 77.2 Å². The van der Waals surface area contributed by atoms with Gasteiger partial charge in [-0.1, -0.05) is 11.6 Å². The third kappa shape index (κ3) is 4.65. The van der Waals surface area contributed by atoms with Gasteiger partial charge in [0.25, 0.3) is 5.91 Å². The highest BCUT2D eigenvalue weighted by Gasteiger charge is 2.27. The molecule has 2 aliphatic rings. The van der Waals surface area contributed by atoms with Crippen LogP contribution in [0.4, 0.5) is 0 Å². The van der Waals surface area contributed by atoms with Gasteiger partial charge in [-0.05, 0) is 44.2 Å². The zero-order chi connectivity index (χ0) is 16.2. The molecule has 2 aliphatic heterocycles. The van der Waals surface area contributed by atoms with Crippen LogP contribution in [0.25, 0.3) is 0 Å². The predicted molar refractivity (Wildman–Crippen MR) is 95.7 cm³/mol. The lowest BCUT2D eigenvalue weighted by Crippen LogP contribution is -2.46. The van der Waals surface area contributed by atoms with Gasteiger partial charge in [0, 0.05) is 25.8 Å². The monoisotopic (exact) mass is 374 g/mol. The van der Waals surface area contributed by atoms with Crippen LogP contribution in [0.5, 0.6) is 0 Å². The molecule has 24 heavy (non-hydrogen) atoms. The molecule has 2 amide bonds. The Kier molecular flexibility index (Phi) is 6.95. The molecule has 3 N–H and O–H groups in total. The molecule has 2 unspecified atom stereocenters. The number of hydrogen-bond acceptors (Lipinski definition) is 3. The van der Waals surface area contributed by atoms with Crippen LogP contribution in [-0.4, -0.2) is 53.9 Å². The van der Waals surface area contributed by atoms with Gasteiger partial charge in [-0.15, -0.1) is 12.4 Å². The highest BCUT2D eigenvalue weighted by Crippen LogP contribution is 2.19. The number of piperidine rings is 1. The van der Waals surface area contributed by atoms with Crippen LogP contribution in [0.15, 0.2) is 12.3 Å². The number of carbonyl (C=O) groups is 2. The second-order valence-electron chi connectivity index (χ2n) is 6.39. The number of nitrogens with one attached hydrogen (secondary N) is 3. The summed E-state index contributed by atoms with van der Waals surface area (Å²) in [6.07, 6.45) is 5.58. The smallest absolute Gasteiger partial charge is 0.270 e. The Bertz CT molecular complexity index is 572. The van der Waals surface area contributed by atoms with E-state index in [-0.39, 0.29) is 30.3 Å². The summed E-state index contributed by atoms with van der Waals surface area (Å²) >= 11 is 5.86. The standard InChI is InChI=1S/C16H23ClN4O2.ClH/c17-12-7-14(19-9-12)16(23)21-6-2-3-11(10-21)8-20-15(22)13-4-1-5-18-13;/h7,9,11,13,18-19H,1-6,8,10H2,(H,20,22);1H. The number of halogens is 2. The minimum Gasteiger partial charge on any atom is -0.356 e. The first-order valence-corrected chi connectivity index (χ1v) is 8.65. The molecule has 2 saturated heterocycles. The van der Waals surface area contributed by atoms with E-state index in [1.165, 1.54) is 0 Å². The SMILES string of the molecule is Cl.O=C(NCC1CCCN(C(=O)c2cc(Cl)c[nH]2)C1)C1CCCN1. The maximum atomic E-state index is 12.4. The van der Waals surface area contributed by atoms with Crippen molar-refractivity contribution in [1.82, 2.24) is 20.5 Å². The summed E-state index contributed by atoms with van der Waals surface area (Å²) in [6.45, 7) is 2.98. The average molecular weight is 375 g/mol. The average Bonchev–Trinajstić information content (AvgIpc) is 3.24. The highest BCUT2D eigenvalue weighted by atomic mass is 35.5.